The molecular formula is C20H30O4. The van der Waals surface area contributed by atoms with Gasteiger partial charge in [-0.2, -0.15) is 0 Å². The Bertz CT molecular complexity index is 476. The van der Waals surface area contributed by atoms with Gasteiger partial charge in [-0.1, -0.05) is 51.2 Å². The molecule has 1 rings (SSSR count). The number of rotatable bonds is 13. The second-order valence-electron chi connectivity index (χ2n) is 6.57. The Hall–Kier alpha value is -1.71. The van der Waals surface area contributed by atoms with E-state index in [2.05, 4.69) is 6.92 Å². The van der Waals surface area contributed by atoms with Gasteiger partial charge in [0.15, 0.2) is 11.6 Å². The molecule has 0 radical (unpaired) electrons. The van der Waals surface area contributed by atoms with E-state index < -0.39 is 5.97 Å². The van der Waals surface area contributed by atoms with Crippen LogP contribution in [0.15, 0.2) is 24.3 Å². The van der Waals surface area contributed by atoms with E-state index in [-0.39, 0.29) is 29.8 Å². The standard InChI is InChI=1S/C20H30O4/c1-2-3-6-9-17(21)14-12-16-13-15-19(22)18(16)10-7-4-5-8-11-20(23)24/h12-16,18H,2-11H2,1H3,(H,23,24)/t16-,18+/m0/s1. The van der Waals surface area contributed by atoms with Crippen molar-refractivity contribution in [2.24, 2.45) is 11.8 Å². The first-order chi connectivity index (χ1) is 11.5. The first-order valence-electron chi connectivity index (χ1n) is 9.19. The number of carboxylic acid groups (broad SMARTS) is 1. The third-order valence-electron chi connectivity index (χ3n) is 4.50. The van der Waals surface area contributed by atoms with E-state index in [9.17, 15) is 14.4 Å². The van der Waals surface area contributed by atoms with Crippen molar-refractivity contribution >= 4 is 17.5 Å². The number of carbonyl (C=O) groups is 3. The van der Waals surface area contributed by atoms with Crippen LogP contribution in [0.5, 0.6) is 0 Å². The molecule has 0 saturated heterocycles. The zero-order chi connectivity index (χ0) is 17.8. The molecule has 0 saturated carbocycles. The van der Waals surface area contributed by atoms with Gasteiger partial charge in [-0.05, 0) is 31.4 Å². The summed E-state index contributed by atoms with van der Waals surface area (Å²) in [6.07, 6.45) is 15.2. The zero-order valence-electron chi connectivity index (χ0n) is 14.7. The van der Waals surface area contributed by atoms with Crippen LogP contribution in [0.4, 0.5) is 0 Å². The highest BCUT2D eigenvalue weighted by molar-refractivity contribution is 5.95. The molecule has 0 aromatic rings. The maximum Gasteiger partial charge on any atom is 0.303 e. The SMILES string of the molecule is CCCCCC(=O)C=C[C@H]1C=CC(=O)[C@@H]1CCCCCCC(=O)O. The van der Waals surface area contributed by atoms with Crippen molar-refractivity contribution in [3.63, 3.8) is 0 Å². The van der Waals surface area contributed by atoms with E-state index in [1.807, 2.05) is 12.2 Å². The van der Waals surface area contributed by atoms with Crippen LogP contribution in [0.25, 0.3) is 0 Å². The molecule has 0 fully saturated rings. The summed E-state index contributed by atoms with van der Waals surface area (Å²) < 4.78 is 0. The predicted octanol–water partition coefficient (Wildman–Crippen LogP) is 4.49. The van der Waals surface area contributed by atoms with Gasteiger partial charge in [-0.3, -0.25) is 14.4 Å². The Morgan fingerprint density at radius 1 is 1.08 bits per heavy atom. The van der Waals surface area contributed by atoms with Crippen molar-refractivity contribution < 1.29 is 19.5 Å². The van der Waals surface area contributed by atoms with E-state index in [0.29, 0.717) is 12.8 Å². The van der Waals surface area contributed by atoms with Gasteiger partial charge in [0.1, 0.15) is 0 Å². The average molecular weight is 334 g/mol. The van der Waals surface area contributed by atoms with Crippen molar-refractivity contribution in [1.82, 2.24) is 0 Å². The smallest absolute Gasteiger partial charge is 0.303 e. The molecule has 4 nitrogen and oxygen atoms in total. The molecule has 4 heteroatoms. The number of carbonyl (C=O) groups excluding carboxylic acids is 2. The van der Waals surface area contributed by atoms with E-state index in [1.54, 1.807) is 12.2 Å². The molecule has 24 heavy (non-hydrogen) atoms. The number of allylic oxidation sites excluding steroid dienone is 4. The van der Waals surface area contributed by atoms with Crippen LogP contribution in [0.2, 0.25) is 0 Å². The molecule has 1 aliphatic carbocycles. The lowest BCUT2D eigenvalue weighted by Gasteiger charge is -2.14. The fraction of sp³-hybridized carbons (Fsp3) is 0.650. The molecule has 1 N–H and O–H groups in total. The minimum atomic E-state index is -0.751. The van der Waals surface area contributed by atoms with Gasteiger partial charge in [0.25, 0.3) is 0 Å². The summed E-state index contributed by atoms with van der Waals surface area (Å²) in [5.41, 5.74) is 0. The Kier molecular flexibility index (Phi) is 9.97. The summed E-state index contributed by atoms with van der Waals surface area (Å²) in [7, 11) is 0. The second kappa shape index (κ2) is 11.8. The minimum absolute atomic E-state index is 0.0339. The highest BCUT2D eigenvalue weighted by Gasteiger charge is 2.27. The summed E-state index contributed by atoms with van der Waals surface area (Å²) in [4.78, 5) is 34.2. The normalized spacial score (nSPS) is 20.1. The number of aliphatic carboxylic acids is 1. The van der Waals surface area contributed by atoms with Gasteiger partial charge in [0, 0.05) is 24.7 Å². The van der Waals surface area contributed by atoms with Gasteiger partial charge in [-0.15, -0.1) is 0 Å². The van der Waals surface area contributed by atoms with E-state index in [0.717, 1.165) is 44.9 Å². The zero-order valence-corrected chi connectivity index (χ0v) is 14.7. The molecule has 134 valence electrons. The Balaban J connectivity index is 2.30. The molecular weight excluding hydrogens is 304 g/mol. The summed E-state index contributed by atoms with van der Waals surface area (Å²) in [6.45, 7) is 2.11. The average Bonchev–Trinajstić information content (AvgIpc) is 2.89. The lowest BCUT2D eigenvalue weighted by atomic mass is 9.88. The van der Waals surface area contributed by atoms with Crippen molar-refractivity contribution in [2.75, 3.05) is 0 Å². The molecule has 0 aromatic carbocycles. The maximum absolute atomic E-state index is 12.0. The minimum Gasteiger partial charge on any atom is -0.481 e. The monoisotopic (exact) mass is 334 g/mol. The molecule has 0 unspecified atom stereocenters. The second-order valence-corrected chi connectivity index (χ2v) is 6.57. The van der Waals surface area contributed by atoms with Crippen LogP contribution < -0.4 is 0 Å². The summed E-state index contributed by atoms with van der Waals surface area (Å²) in [5, 5.41) is 8.60. The van der Waals surface area contributed by atoms with Crippen LogP contribution in [-0.2, 0) is 14.4 Å². The van der Waals surface area contributed by atoms with Crippen LogP contribution in [-0.4, -0.2) is 22.6 Å². The number of unbranched alkanes of at least 4 members (excludes halogenated alkanes) is 5. The number of ketones is 2. The van der Waals surface area contributed by atoms with Crippen molar-refractivity contribution in [2.45, 2.75) is 71.1 Å². The lowest BCUT2D eigenvalue weighted by Crippen LogP contribution is -2.14. The van der Waals surface area contributed by atoms with Gasteiger partial charge >= 0.3 is 5.97 Å². The Morgan fingerprint density at radius 3 is 2.50 bits per heavy atom. The van der Waals surface area contributed by atoms with Crippen molar-refractivity contribution in [3.05, 3.63) is 24.3 Å². The van der Waals surface area contributed by atoms with E-state index >= 15 is 0 Å². The Labute approximate surface area is 145 Å². The number of hydrogen-bond acceptors (Lipinski definition) is 3. The van der Waals surface area contributed by atoms with Crippen molar-refractivity contribution in [3.8, 4) is 0 Å². The quantitative estimate of drug-likeness (QED) is 0.398. The van der Waals surface area contributed by atoms with Crippen LogP contribution in [0, 0.1) is 11.8 Å². The van der Waals surface area contributed by atoms with Crippen LogP contribution in [0.1, 0.15) is 71.1 Å². The largest absolute Gasteiger partial charge is 0.481 e. The number of carboxylic acids is 1. The van der Waals surface area contributed by atoms with Gasteiger partial charge in [-0.25, -0.2) is 0 Å². The van der Waals surface area contributed by atoms with Crippen LogP contribution in [0.3, 0.4) is 0 Å². The molecule has 0 amide bonds. The third-order valence-corrected chi connectivity index (χ3v) is 4.50. The lowest BCUT2D eigenvalue weighted by molar-refractivity contribution is -0.137. The molecule has 0 bridgehead atoms. The fourth-order valence-electron chi connectivity index (χ4n) is 3.03. The number of hydrogen-bond donors (Lipinski definition) is 1. The molecule has 1 aliphatic rings. The molecule has 0 aromatic heterocycles. The Morgan fingerprint density at radius 2 is 1.79 bits per heavy atom. The summed E-state index contributed by atoms with van der Waals surface area (Å²) in [5.74, 6) is -0.480. The maximum atomic E-state index is 12.0. The van der Waals surface area contributed by atoms with Gasteiger partial charge < -0.3 is 5.11 Å². The summed E-state index contributed by atoms with van der Waals surface area (Å²) in [6, 6.07) is 0. The molecule has 2 atom stereocenters. The predicted molar refractivity (Wildman–Crippen MR) is 94.8 cm³/mol. The van der Waals surface area contributed by atoms with Gasteiger partial charge in [0.05, 0.1) is 0 Å². The molecule has 0 heterocycles. The first kappa shape index (κ1) is 20.3. The fourth-order valence-corrected chi connectivity index (χ4v) is 3.03. The van der Waals surface area contributed by atoms with Gasteiger partial charge in [0.2, 0.25) is 0 Å². The van der Waals surface area contributed by atoms with E-state index in [1.165, 1.54) is 0 Å². The molecule has 0 aliphatic heterocycles. The first-order valence-corrected chi connectivity index (χ1v) is 9.19. The van der Waals surface area contributed by atoms with Crippen LogP contribution >= 0.6 is 0 Å². The topological polar surface area (TPSA) is 71.4 Å². The highest BCUT2D eigenvalue weighted by Crippen LogP contribution is 2.28. The third kappa shape index (κ3) is 8.23. The molecule has 0 spiro atoms. The van der Waals surface area contributed by atoms with E-state index in [4.69, 9.17) is 5.11 Å². The summed E-state index contributed by atoms with van der Waals surface area (Å²) >= 11 is 0. The van der Waals surface area contributed by atoms with Crippen molar-refractivity contribution in [1.29, 1.82) is 0 Å². The highest BCUT2D eigenvalue weighted by atomic mass is 16.4.